The molecule has 2 amide bonds. The lowest BCUT2D eigenvalue weighted by molar-refractivity contribution is -0.139. The first kappa shape index (κ1) is 14.5. The molecule has 2 atom stereocenters. The lowest BCUT2D eigenvalue weighted by Gasteiger charge is -2.14. The average Bonchev–Trinajstić information content (AvgIpc) is 2.80. The highest BCUT2D eigenvalue weighted by molar-refractivity contribution is 6.10. The van der Waals surface area contributed by atoms with E-state index in [2.05, 4.69) is 0 Å². The molecular weight excluding hydrogens is 282 g/mol. The van der Waals surface area contributed by atoms with Gasteiger partial charge in [0.1, 0.15) is 5.75 Å². The molecule has 1 saturated heterocycles. The maximum Gasteiger partial charge on any atom is 0.233 e. The fourth-order valence-corrected chi connectivity index (χ4v) is 3.04. The van der Waals surface area contributed by atoms with Crippen LogP contribution in [0.25, 0.3) is 0 Å². The van der Waals surface area contributed by atoms with Gasteiger partial charge in [-0.1, -0.05) is 12.2 Å². The molecule has 22 heavy (non-hydrogen) atoms. The molecule has 1 aromatic rings. The van der Waals surface area contributed by atoms with Crippen LogP contribution in [0.5, 0.6) is 5.75 Å². The van der Waals surface area contributed by atoms with Gasteiger partial charge in [-0.05, 0) is 37.1 Å². The second-order valence-electron chi connectivity index (χ2n) is 5.57. The molecule has 5 heteroatoms. The van der Waals surface area contributed by atoms with Crippen molar-refractivity contribution in [3.63, 3.8) is 0 Å². The van der Waals surface area contributed by atoms with Gasteiger partial charge in [0.15, 0.2) is 5.78 Å². The lowest BCUT2D eigenvalue weighted by atomic mass is 9.85. The Balaban J connectivity index is 1.73. The minimum atomic E-state index is -0.291. The Bertz CT molecular complexity index is 621. The van der Waals surface area contributed by atoms with E-state index in [1.165, 1.54) is 0 Å². The van der Waals surface area contributed by atoms with E-state index in [0.717, 1.165) is 4.90 Å². The third kappa shape index (κ3) is 2.43. The van der Waals surface area contributed by atoms with Crippen LogP contribution in [0.4, 0.5) is 0 Å². The molecule has 0 radical (unpaired) electrons. The third-order valence-corrected chi connectivity index (χ3v) is 4.31. The van der Waals surface area contributed by atoms with E-state index in [9.17, 15) is 14.4 Å². The fraction of sp³-hybridized carbons (Fsp3) is 0.353. The molecule has 0 bridgehead atoms. The molecule has 1 aliphatic heterocycles. The van der Waals surface area contributed by atoms with E-state index in [4.69, 9.17) is 4.74 Å². The van der Waals surface area contributed by atoms with Crippen LogP contribution in [0.2, 0.25) is 0 Å². The molecule has 114 valence electrons. The van der Waals surface area contributed by atoms with Crippen molar-refractivity contribution in [3.05, 3.63) is 42.0 Å². The maximum atomic E-state index is 12.3. The number of carbonyl (C=O) groups is 3. The zero-order chi connectivity index (χ0) is 15.7. The number of methoxy groups -OCH3 is 1. The largest absolute Gasteiger partial charge is 0.497 e. The van der Waals surface area contributed by atoms with Crippen LogP contribution in [0.15, 0.2) is 36.4 Å². The first-order valence-electron chi connectivity index (χ1n) is 7.29. The molecule has 1 aromatic carbocycles. The van der Waals surface area contributed by atoms with Gasteiger partial charge in [0.25, 0.3) is 0 Å². The highest BCUT2D eigenvalue weighted by Gasteiger charge is 2.47. The average molecular weight is 299 g/mol. The third-order valence-electron chi connectivity index (χ3n) is 4.31. The molecule has 0 N–H and O–H groups in total. The van der Waals surface area contributed by atoms with Gasteiger partial charge >= 0.3 is 0 Å². The maximum absolute atomic E-state index is 12.3. The molecule has 5 nitrogen and oxygen atoms in total. The van der Waals surface area contributed by atoms with Crippen molar-refractivity contribution < 1.29 is 19.1 Å². The van der Waals surface area contributed by atoms with E-state index in [0.29, 0.717) is 24.2 Å². The Morgan fingerprint density at radius 1 is 1.09 bits per heavy atom. The van der Waals surface area contributed by atoms with Crippen molar-refractivity contribution >= 4 is 17.6 Å². The molecule has 1 heterocycles. The number of benzene rings is 1. The summed E-state index contributed by atoms with van der Waals surface area (Å²) in [7, 11) is 1.55. The van der Waals surface area contributed by atoms with Crippen LogP contribution in [-0.4, -0.2) is 36.2 Å². The Kier molecular flexibility index (Phi) is 3.79. The summed E-state index contributed by atoms with van der Waals surface area (Å²) in [6.07, 6.45) is 5.03. The first-order valence-corrected chi connectivity index (χ1v) is 7.29. The van der Waals surface area contributed by atoms with Gasteiger partial charge in [-0.15, -0.1) is 0 Å². The normalized spacial score (nSPS) is 23.6. The van der Waals surface area contributed by atoms with Gasteiger partial charge in [-0.25, -0.2) is 0 Å². The van der Waals surface area contributed by atoms with Crippen molar-refractivity contribution in [1.29, 1.82) is 0 Å². The molecule has 0 spiro atoms. The van der Waals surface area contributed by atoms with Gasteiger partial charge in [0.05, 0.1) is 25.5 Å². The second kappa shape index (κ2) is 5.75. The number of fused-ring (bicyclic) bond motifs is 1. The zero-order valence-corrected chi connectivity index (χ0v) is 12.3. The summed E-state index contributed by atoms with van der Waals surface area (Å²) in [6, 6.07) is 6.65. The van der Waals surface area contributed by atoms with Crippen LogP contribution in [0, 0.1) is 11.8 Å². The fourth-order valence-electron chi connectivity index (χ4n) is 3.04. The molecule has 3 rings (SSSR count). The van der Waals surface area contributed by atoms with Crippen molar-refractivity contribution in [2.24, 2.45) is 11.8 Å². The van der Waals surface area contributed by atoms with Crippen molar-refractivity contribution in [2.45, 2.75) is 12.8 Å². The van der Waals surface area contributed by atoms with E-state index >= 15 is 0 Å². The lowest BCUT2D eigenvalue weighted by Crippen LogP contribution is -2.36. The topological polar surface area (TPSA) is 63.7 Å². The first-order chi connectivity index (χ1) is 10.6. The number of allylic oxidation sites excluding steroid dienone is 2. The van der Waals surface area contributed by atoms with Crippen molar-refractivity contribution in [3.8, 4) is 5.75 Å². The van der Waals surface area contributed by atoms with Crippen molar-refractivity contribution in [1.82, 2.24) is 4.90 Å². The van der Waals surface area contributed by atoms with Crippen LogP contribution in [0.3, 0.4) is 0 Å². The summed E-state index contributed by atoms with van der Waals surface area (Å²) in [5.41, 5.74) is 0.467. The highest BCUT2D eigenvalue weighted by Crippen LogP contribution is 2.35. The van der Waals surface area contributed by atoms with Crippen LogP contribution in [0.1, 0.15) is 23.2 Å². The predicted octanol–water partition coefficient (Wildman–Crippen LogP) is 1.83. The second-order valence-corrected chi connectivity index (χ2v) is 5.57. The zero-order valence-electron chi connectivity index (χ0n) is 12.3. The van der Waals surface area contributed by atoms with Gasteiger partial charge in [-0.3, -0.25) is 19.3 Å². The van der Waals surface area contributed by atoms with E-state index in [1.54, 1.807) is 31.4 Å². The number of Topliss-reactive ketones (excluding diaryl/α,β-unsaturated/α-hetero) is 1. The number of nitrogens with zero attached hydrogens (tertiary/aromatic N) is 1. The number of hydrogen-bond donors (Lipinski definition) is 0. The summed E-state index contributed by atoms with van der Waals surface area (Å²) in [5.74, 6) is -0.609. The minimum absolute atomic E-state index is 0.184. The summed E-state index contributed by atoms with van der Waals surface area (Å²) < 4.78 is 5.04. The van der Waals surface area contributed by atoms with E-state index in [-0.39, 0.29) is 36.0 Å². The Morgan fingerprint density at radius 2 is 1.64 bits per heavy atom. The molecule has 0 aromatic heterocycles. The van der Waals surface area contributed by atoms with Gasteiger partial charge in [0.2, 0.25) is 11.8 Å². The quantitative estimate of drug-likeness (QED) is 0.483. The number of amides is 2. The minimum Gasteiger partial charge on any atom is -0.497 e. The molecule has 1 fully saturated rings. The highest BCUT2D eigenvalue weighted by atomic mass is 16.5. The van der Waals surface area contributed by atoms with Gasteiger partial charge < -0.3 is 4.74 Å². The number of likely N-dealkylation sites (tertiary alicyclic amines) is 1. The van der Waals surface area contributed by atoms with E-state index < -0.39 is 0 Å². The molecule has 0 saturated carbocycles. The molecule has 0 unspecified atom stereocenters. The number of hydrogen-bond acceptors (Lipinski definition) is 4. The monoisotopic (exact) mass is 299 g/mol. The van der Waals surface area contributed by atoms with Crippen LogP contribution in [-0.2, 0) is 9.59 Å². The number of carbonyl (C=O) groups excluding carboxylic acids is 3. The smallest absolute Gasteiger partial charge is 0.233 e. The predicted molar refractivity (Wildman–Crippen MR) is 79.4 cm³/mol. The standard InChI is InChI=1S/C17H17NO4/c1-22-12-8-6-11(7-9-12)15(19)10-18-16(20)13-4-2-3-5-14(13)17(18)21/h2-3,6-9,13-14H,4-5,10H2,1H3/t13-,14-/m0/s1. The summed E-state index contributed by atoms with van der Waals surface area (Å²) in [5, 5.41) is 0. The Morgan fingerprint density at radius 3 is 2.14 bits per heavy atom. The van der Waals surface area contributed by atoms with Gasteiger partial charge in [0, 0.05) is 5.56 Å². The number of ketones is 1. The van der Waals surface area contributed by atoms with E-state index in [1.807, 2.05) is 12.2 Å². The Hall–Kier alpha value is -2.43. The summed E-state index contributed by atoms with van der Waals surface area (Å²) in [4.78, 5) is 38.0. The number of ether oxygens (including phenoxy) is 1. The van der Waals surface area contributed by atoms with Crippen LogP contribution >= 0.6 is 0 Å². The van der Waals surface area contributed by atoms with Gasteiger partial charge in [-0.2, -0.15) is 0 Å². The summed E-state index contributed by atoms with van der Waals surface area (Å²) in [6.45, 7) is -0.184. The van der Waals surface area contributed by atoms with Crippen molar-refractivity contribution in [2.75, 3.05) is 13.7 Å². The summed E-state index contributed by atoms with van der Waals surface area (Å²) >= 11 is 0. The number of imide groups is 1. The molecule has 2 aliphatic rings. The SMILES string of the molecule is COc1ccc(C(=O)CN2C(=O)[C@H]3CC=CC[C@@H]3C2=O)cc1. The van der Waals surface area contributed by atoms with Crippen LogP contribution < -0.4 is 4.74 Å². The molecule has 1 aliphatic carbocycles. The molecular formula is C17H17NO4. The number of rotatable bonds is 4. The Labute approximate surface area is 128 Å².